The van der Waals surface area contributed by atoms with Crippen LogP contribution in [0.5, 0.6) is 5.88 Å². The highest BCUT2D eigenvalue weighted by atomic mass is 36.0. The zero-order chi connectivity index (χ0) is 35.2. The Morgan fingerprint density at radius 2 is 0.959 bits per heavy atom. The molecule has 6 aromatic rings. The maximum absolute atomic E-state index is 12.0. The summed E-state index contributed by atoms with van der Waals surface area (Å²) < 4.78 is 9.51. The van der Waals surface area contributed by atoms with Crippen molar-refractivity contribution in [3.05, 3.63) is 142 Å². The molecule has 11 nitrogen and oxygen atoms in total. The van der Waals surface area contributed by atoms with Gasteiger partial charge in [0.2, 0.25) is 11.6 Å². The number of hydrogen-bond donors (Lipinski definition) is 2. The van der Waals surface area contributed by atoms with Crippen LogP contribution in [0.3, 0.4) is 0 Å². The third kappa shape index (κ3) is 12.5. The number of benzene rings is 4. The first-order valence-corrected chi connectivity index (χ1v) is 19.0. The van der Waals surface area contributed by atoms with E-state index in [9.17, 15) is 14.5 Å². The number of aromatic amines is 1. The van der Waals surface area contributed by atoms with Crippen molar-refractivity contribution < 1.29 is 9.67 Å². The highest BCUT2D eigenvalue weighted by molar-refractivity contribution is 8.24. The number of aromatic hydroxyl groups is 1. The van der Waals surface area contributed by atoms with E-state index in [1.165, 1.54) is 0 Å². The Hall–Kier alpha value is -4.48. The van der Waals surface area contributed by atoms with Crippen molar-refractivity contribution in [2.24, 2.45) is 20.5 Å². The van der Waals surface area contributed by atoms with E-state index in [-0.39, 0.29) is 27.5 Å². The van der Waals surface area contributed by atoms with Crippen molar-refractivity contribution in [1.82, 2.24) is 19.9 Å². The first-order chi connectivity index (χ1) is 23.5. The number of halogens is 5. The van der Waals surface area contributed by atoms with Gasteiger partial charge in [-0.25, -0.2) is 9.97 Å². The van der Waals surface area contributed by atoms with Crippen LogP contribution >= 0.6 is 62.1 Å². The van der Waals surface area contributed by atoms with Gasteiger partial charge in [0, 0.05) is 11.1 Å². The predicted molar refractivity (Wildman–Crippen MR) is 196 cm³/mol. The summed E-state index contributed by atoms with van der Waals surface area (Å²) in [5.74, 6) is 0.276. The number of hydrogen-bond acceptors (Lipinski definition) is 10. The molecule has 0 amide bonds. The smallest absolute Gasteiger partial charge is 0.339 e. The van der Waals surface area contributed by atoms with Gasteiger partial charge in [-0.2, -0.15) is 15.2 Å². The lowest BCUT2D eigenvalue weighted by Gasteiger charge is -2.04. The monoisotopic (exact) mass is 772 g/mol. The van der Waals surface area contributed by atoms with Gasteiger partial charge >= 0.3 is 5.20 Å². The fourth-order valence-corrected chi connectivity index (χ4v) is 4.15. The quantitative estimate of drug-likeness (QED) is 0.0973. The molecule has 6 rings (SSSR count). The minimum Gasteiger partial charge on any atom is -0.491 e. The van der Waals surface area contributed by atoms with Gasteiger partial charge in [0.25, 0.3) is 5.56 Å². The van der Waals surface area contributed by atoms with Crippen LogP contribution in [-0.4, -0.2) is 25.0 Å². The van der Waals surface area contributed by atoms with Crippen LogP contribution in [0, 0.1) is 0 Å². The van der Waals surface area contributed by atoms with Crippen molar-refractivity contribution in [1.29, 1.82) is 0 Å². The summed E-state index contributed by atoms with van der Waals surface area (Å²) in [6.07, 6.45) is 0. The summed E-state index contributed by atoms with van der Waals surface area (Å²) in [6, 6.07) is 36.7. The fourth-order valence-electron chi connectivity index (χ4n) is 3.68. The minimum absolute atomic E-state index is 0.165. The molecule has 0 fully saturated rings. The average Bonchev–Trinajstić information content (AvgIpc) is 3.09. The second-order valence-electron chi connectivity index (χ2n) is 9.27. The lowest BCUT2D eigenvalue weighted by atomic mass is 10.2. The van der Waals surface area contributed by atoms with Crippen molar-refractivity contribution in [3.8, 4) is 28.7 Å². The SMILES string of the molecule is Clc1nc(-c2ccccc2)nc(Cl)c1N=Nc1ccccc1.O=P(Cl)(Cl)Cl.O=c1[nH]c(-c2ccccc2)nc(O)c1N=Nc1ccccc1. The lowest BCUT2D eigenvalue weighted by molar-refractivity contribution is 0.453. The van der Waals surface area contributed by atoms with E-state index in [2.05, 4.69) is 74.1 Å². The van der Waals surface area contributed by atoms with Gasteiger partial charge in [0.1, 0.15) is 5.82 Å². The van der Waals surface area contributed by atoms with E-state index in [1.54, 1.807) is 36.4 Å². The summed E-state index contributed by atoms with van der Waals surface area (Å²) in [5, 5.41) is 22.8. The standard InChI is InChI=1S/C16H10Cl2N4.C16H12N4O2.Cl3OP/c17-14-13(22-21-12-9-5-2-6-10-12)15(18)20-16(19-14)11-7-3-1-4-8-11;21-15-13(20-19-12-9-5-2-6-10-12)16(22)18-14(17-15)11-7-3-1-4-8-11;1-5(2,3)4/h1-10H;1-10H,(H2,17,18,21,22);. The average molecular weight is 775 g/mol. The molecule has 4 aromatic carbocycles. The molecule has 2 N–H and O–H groups in total. The van der Waals surface area contributed by atoms with Crippen molar-refractivity contribution in [3.63, 3.8) is 0 Å². The van der Waals surface area contributed by atoms with Gasteiger partial charge in [0.15, 0.2) is 21.8 Å². The van der Waals surface area contributed by atoms with Crippen LogP contribution < -0.4 is 5.56 Å². The zero-order valence-corrected chi connectivity index (χ0v) is 29.5. The lowest BCUT2D eigenvalue weighted by Crippen LogP contribution is -2.08. The molecule has 0 radical (unpaired) electrons. The minimum atomic E-state index is -3.22. The van der Waals surface area contributed by atoms with Gasteiger partial charge in [-0.15, -0.1) is 10.2 Å². The van der Waals surface area contributed by atoms with E-state index in [0.29, 0.717) is 22.8 Å². The van der Waals surface area contributed by atoms with E-state index < -0.39 is 16.6 Å². The second-order valence-corrected chi connectivity index (χ2v) is 16.6. The molecule has 248 valence electrons. The molecule has 0 bridgehead atoms. The third-order valence-corrected chi connectivity index (χ3v) is 6.33. The molecule has 0 saturated carbocycles. The van der Waals surface area contributed by atoms with Crippen LogP contribution in [0.15, 0.2) is 147 Å². The molecule has 49 heavy (non-hydrogen) atoms. The van der Waals surface area contributed by atoms with Crippen LogP contribution in [0.1, 0.15) is 0 Å². The second kappa shape index (κ2) is 18.3. The van der Waals surface area contributed by atoms with Gasteiger partial charge < -0.3 is 10.1 Å². The predicted octanol–water partition coefficient (Wildman–Crippen LogP) is 12.2. The van der Waals surface area contributed by atoms with Gasteiger partial charge in [-0.3, -0.25) is 9.36 Å². The topological polar surface area (TPSA) is 158 Å². The Balaban J connectivity index is 0.000000194. The highest BCUT2D eigenvalue weighted by Gasteiger charge is 2.13. The molecule has 0 unspecified atom stereocenters. The molecular formula is C32H22Cl5N8O3P. The molecule has 0 spiro atoms. The summed E-state index contributed by atoms with van der Waals surface area (Å²) in [5.41, 5.74) is 2.29. The Morgan fingerprint density at radius 3 is 1.39 bits per heavy atom. The molecule has 0 aliphatic carbocycles. The zero-order valence-electron chi connectivity index (χ0n) is 24.8. The normalized spacial score (nSPS) is 11.0. The van der Waals surface area contributed by atoms with Gasteiger partial charge in [-0.05, 0) is 58.0 Å². The van der Waals surface area contributed by atoms with Crippen LogP contribution in [0.2, 0.25) is 10.3 Å². The van der Waals surface area contributed by atoms with E-state index in [4.69, 9.17) is 23.2 Å². The molecule has 17 heteroatoms. The number of rotatable bonds is 6. The van der Waals surface area contributed by atoms with Gasteiger partial charge in [-0.1, -0.05) is 120 Å². The number of aromatic nitrogens is 4. The third-order valence-electron chi connectivity index (χ3n) is 5.80. The Morgan fingerprint density at radius 1 is 0.571 bits per heavy atom. The van der Waals surface area contributed by atoms with Crippen LogP contribution in [0.4, 0.5) is 22.7 Å². The maximum Gasteiger partial charge on any atom is 0.339 e. The molecule has 0 aliphatic rings. The number of H-pyrrole nitrogens is 1. The number of nitrogens with one attached hydrogen (secondary N) is 1. The van der Waals surface area contributed by atoms with Crippen LogP contribution in [0.25, 0.3) is 22.8 Å². The number of nitrogens with zero attached hydrogens (tertiary/aromatic N) is 7. The summed E-state index contributed by atoms with van der Waals surface area (Å²) >= 11 is 26.2. The largest absolute Gasteiger partial charge is 0.491 e. The number of azo groups is 2. The first-order valence-electron chi connectivity index (χ1n) is 13.8. The Bertz CT molecular complexity index is 2110. The van der Waals surface area contributed by atoms with E-state index >= 15 is 0 Å². The maximum atomic E-state index is 12.0. The van der Waals surface area contributed by atoms with Crippen molar-refractivity contribution >= 4 is 84.9 Å². The first kappa shape index (κ1) is 37.3. The highest BCUT2D eigenvalue weighted by Crippen LogP contribution is 2.61. The van der Waals surface area contributed by atoms with Gasteiger partial charge in [0.05, 0.1) is 11.4 Å². The Labute approximate surface area is 304 Å². The van der Waals surface area contributed by atoms with Crippen molar-refractivity contribution in [2.75, 3.05) is 0 Å². The van der Waals surface area contributed by atoms with E-state index in [0.717, 1.165) is 5.56 Å². The molecule has 2 aromatic heterocycles. The molecular weight excluding hydrogens is 753 g/mol. The molecule has 0 saturated heterocycles. The molecule has 2 heterocycles. The molecule has 0 atom stereocenters. The fraction of sp³-hybridized carbons (Fsp3) is 0. The van der Waals surface area contributed by atoms with E-state index in [1.807, 2.05) is 84.9 Å². The summed E-state index contributed by atoms with van der Waals surface area (Å²) in [6.45, 7) is 0. The van der Waals surface area contributed by atoms with Crippen molar-refractivity contribution in [2.45, 2.75) is 0 Å². The Kier molecular flexibility index (Phi) is 14.0. The summed E-state index contributed by atoms with van der Waals surface area (Å²) in [4.78, 5) is 27.1. The molecule has 0 aliphatic heterocycles. The van der Waals surface area contributed by atoms with Crippen LogP contribution in [-0.2, 0) is 4.57 Å². The summed E-state index contributed by atoms with van der Waals surface area (Å²) in [7, 11) is 0.